The van der Waals surface area contributed by atoms with Gasteiger partial charge in [-0.05, 0) is 56.6 Å². The number of hydrogen-bond donors (Lipinski definition) is 1. The van der Waals surface area contributed by atoms with Gasteiger partial charge in [-0.2, -0.15) is 0 Å². The average molecular weight is 381 g/mol. The Morgan fingerprint density at radius 1 is 1.11 bits per heavy atom. The molecular formula is C21H23N3O4. The number of benzene rings is 1. The number of aromatic nitrogens is 1. The molecule has 3 aromatic rings. The molecule has 1 aromatic carbocycles. The smallest absolute Gasteiger partial charge is 0.258 e. The third-order valence-electron chi connectivity index (χ3n) is 4.04. The largest absolute Gasteiger partial charge is 0.484 e. The number of likely N-dealkylation sites (N-methyl/N-ethyl adjacent to an activating group) is 1. The van der Waals surface area contributed by atoms with E-state index in [9.17, 15) is 4.79 Å². The van der Waals surface area contributed by atoms with Gasteiger partial charge < -0.3 is 19.2 Å². The van der Waals surface area contributed by atoms with Gasteiger partial charge in [-0.15, -0.1) is 0 Å². The highest BCUT2D eigenvalue weighted by Gasteiger charge is 2.17. The van der Waals surface area contributed by atoms with Crippen molar-refractivity contribution in [3.05, 3.63) is 72.8 Å². The second-order valence-electron chi connectivity index (χ2n) is 6.33. The Hall–Kier alpha value is -3.32. The van der Waals surface area contributed by atoms with Gasteiger partial charge >= 0.3 is 0 Å². The maximum absolute atomic E-state index is 12.1. The van der Waals surface area contributed by atoms with Crippen LogP contribution in [0.25, 0.3) is 0 Å². The van der Waals surface area contributed by atoms with Crippen LogP contribution in [0, 0.1) is 0 Å². The number of furan rings is 1. The summed E-state index contributed by atoms with van der Waals surface area (Å²) in [4.78, 5) is 18.2. The van der Waals surface area contributed by atoms with Crippen molar-refractivity contribution in [3.8, 4) is 17.4 Å². The number of hydrogen-bond acceptors (Lipinski definition) is 6. The maximum Gasteiger partial charge on any atom is 0.258 e. The SMILES string of the molecule is CN(C)[C@@H](CNC(=O)COc1ccc(Oc2ccccn2)cc1)c1ccco1. The first-order valence-electron chi connectivity index (χ1n) is 8.90. The number of carbonyl (C=O) groups is 1. The number of pyridine rings is 1. The highest BCUT2D eigenvalue weighted by Crippen LogP contribution is 2.22. The number of nitrogens with zero attached hydrogens (tertiary/aromatic N) is 2. The van der Waals surface area contributed by atoms with E-state index in [4.69, 9.17) is 13.9 Å². The minimum absolute atomic E-state index is 0.0398. The highest BCUT2D eigenvalue weighted by molar-refractivity contribution is 5.77. The van der Waals surface area contributed by atoms with E-state index in [2.05, 4.69) is 10.3 Å². The molecule has 2 heterocycles. The lowest BCUT2D eigenvalue weighted by Crippen LogP contribution is -2.36. The fraction of sp³-hybridized carbons (Fsp3) is 0.238. The molecule has 0 unspecified atom stereocenters. The fourth-order valence-corrected chi connectivity index (χ4v) is 2.56. The van der Waals surface area contributed by atoms with Gasteiger partial charge in [0.05, 0.1) is 12.3 Å². The van der Waals surface area contributed by atoms with Gasteiger partial charge in [0.1, 0.15) is 17.3 Å². The third kappa shape index (κ3) is 5.59. The number of nitrogens with one attached hydrogen (secondary N) is 1. The van der Waals surface area contributed by atoms with Crippen LogP contribution in [0.1, 0.15) is 11.8 Å². The van der Waals surface area contributed by atoms with E-state index in [-0.39, 0.29) is 18.6 Å². The van der Waals surface area contributed by atoms with Gasteiger partial charge in [-0.25, -0.2) is 4.98 Å². The topological polar surface area (TPSA) is 76.8 Å². The minimum Gasteiger partial charge on any atom is -0.484 e. The molecule has 28 heavy (non-hydrogen) atoms. The van der Waals surface area contributed by atoms with Gasteiger partial charge in [0.2, 0.25) is 5.88 Å². The Bertz CT molecular complexity index is 849. The van der Waals surface area contributed by atoms with E-state index in [0.29, 0.717) is 23.9 Å². The van der Waals surface area contributed by atoms with Gasteiger partial charge in [-0.1, -0.05) is 6.07 Å². The number of amides is 1. The molecule has 1 amide bonds. The van der Waals surface area contributed by atoms with Crippen LogP contribution in [0.15, 0.2) is 71.5 Å². The van der Waals surface area contributed by atoms with Crippen molar-refractivity contribution in [2.45, 2.75) is 6.04 Å². The normalized spacial score (nSPS) is 11.8. The monoisotopic (exact) mass is 381 g/mol. The molecule has 7 heteroatoms. The Morgan fingerprint density at radius 2 is 1.89 bits per heavy atom. The first-order valence-corrected chi connectivity index (χ1v) is 8.90. The van der Waals surface area contributed by atoms with E-state index in [0.717, 1.165) is 5.76 Å². The summed E-state index contributed by atoms with van der Waals surface area (Å²) >= 11 is 0. The zero-order chi connectivity index (χ0) is 19.8. The molecule has 0 saturated heterocycles. The maximum atomic E-state index is 12.1. The van der Waals surface area contributed by atoms with Crippen LogP contribution in [-0.2, 0) is 4.79 Å². The molecule has 146 valence electrons. The molecule has 3 rings (SSSR count). The lowest BCUT2D eigenvalue weighted by Gasteiger charge is -2.22. The quantitative estimate of drug-likeness (QED) is 0.613. The lowest BCUT2D eigenvalue weighted by atomic mass is 10.2. The molecule has 0 saturated carbocycles. The molecule has 0 spiro atoms. The zero-order valence-corrected chi connectivity index (χ0v) is 15.9. The van der Waals surface area contributed by atoms with E-state index < -0.39 is 0 Å². The van der Waals surface area contributed by atoms with E-state index in [1.807, 2.05) is 43.3 Å². The third-order valence-corrected chi connectivity index (χ3v) is 4.04. The Labute approximate surface area is 163 Å². The van der Waals surface area contributed by atoms with Crippen molar-refractivity contribution in [1.82, 2.24) is 15.2 Å². The highest BCUT2D eigenvalue weighted by atomic mass is 16.5. The van der Waals surface area contributed by atoms with Crippen LogP contribution >= 0.6 is 0 Å². The Kier molecular flexibility index (Phi) is 6.64. The van der Waals surface area contributed by atoms with Crippen molar-refractivity contribution >= 4 is 5.91 Å². The molecule has 1 N–H and O–H groups in total. The summed E-state index contributed by atoms with van der Waals surface area (Å²) in [5.74, 6) is 2.34. The van der Waals surface area contributed by atoms with Crippen molar-refractivity contribution < 1.29 is 18.7 Å². The molecule has 1 atom stereocenters. The molecule has 0 aliphatic heterocycles. The van der Waals surface area contributed by atoms with Crippen LogP contribution in [0.5, 0.6) is 17.4 Å². The number of ether oxygens (including phenoxy) is 2. The molecule has 0 fully saturated rings. The van der Waals surface area contributed by atoms with E-state index >= 15 is 0 Å². The summed E-state index contributed by atoms with van der Waals surface area (Å²) in [6.45, 7) is 0.359. The number of rotatable bonds is 9. The Morgan fingerprint density at radius 3 is 2.54 bits per heavy atom. The second kappa shape index (κ2) is 9.57. The molecule has 0 aliphatic rings. The fourth-order valence-electron chi connectivity index (χ4n) is 2.56. The number of carbonyl (C=O) groups excluding carboxylic acids is 1. The standard InChI is InChI=1S/C21H23N3O4/c1-24(2)18(19-6-5-13-26-19)14-23-20(25)15-27-16-8-10-17(11-9-16)28-21-7-3-4-12-22-21/h3-13,18H,14-15H2,1-2H3,(H,23,25)/t18-/m0/s1. The van der Waals surface area contributed by atoms with Crippen LogP contribution in [0.4, 0.5) is 0 Å². The average Bonchev–Trinajstić information content (AvgIpc) is 3.22. The molecular weight excluding hydrogens is 358 g/mol. The van der Waals surface area contributed by atoms with Gasteiger partial charge in [0.25, 0.3) is 5.91 Å². The summed E-state index contributed by atoms with van der Waals surface area (Å²) < 4.78 is 16.6. The Balaban J connectivity index is 1.45. The van der Waals surface area contributed by atoms with Crippen molar-refractivity contribution in [1.29, 1.82) is 0 Å². The minimum atomic E-state index is -0.202. The summed E-state index contributed by atoms with van der Waals surface area (Å²) in [7, 11) is 3.87. The van der Waals surface area contributed by atoms with Crippen LogP contribution in [-0.4, -0.2) is 43.0 Å². The van der Waals surface area contributed by atoms with Crippen molar-refractivity contribution in [3.63, 3.8) is 0 Å². The lowest BCUT2D eigenvalue weighted by molar-refractivity contribution is -0.123. The first-order chi connectivity index (χ1) is 13.6. The van der Waals surface area contributed by atoms with Gasteiger partial charge in [-0.3, -0.25) is 9.69 Å². The summed E-state index contributed by atoms with van der Waals surface area (Å²) in [5.41, 5.74) is 0. The predicted octanol–water partition coefficient (Wildman–Crippen LogP) is 3.26. The van der Waals surface area contributed by atoms with Gasteiger partial charge in [0.15, 0.2) is 6.61 Å². The van der Waals surface area contributed by atoms with Crippen molar-refractivity contribution in [2.24, 2.45) is 0 Å². The molecule has 0 aliphatic carbocycles. The predicted molar refractivity (Wildman–Crippen MR) is 104 cm³/mol. The van der Waals surface area contributed by atoms with Crippen LogP contribution in [0.3, 0.4) is 0 Å². The summed E-state index contributed by atoms with van der Waals surface area (Å²) in [5, 5.41) is 2.87. The van der Waals surface area contributed by atoms with Gasteiger partial charge in [0, 0.05) is 18.8 Å². The van der Waals surface area contributed by atoms with E-state index in [1.165, 1.54) is 0 Å². The van der Waals surface area contributed by atoms with Crippen molar-refractivity contribution in [2.75, 3.05) is 27.2 Å². The molecule has 0 bridgehead atoms. The zero-order valence-electron chi connectivity index (χ0n) is 15.9. The van der Waals surface area contributed by atoms with Crippen LogP contribution < -0.4 is 14.8 Å². The summed E-state index contributed by atoms with van der Waals surface area (Å²) in [6, 6.07) is 16.2. The van der Waals surface area contributed by atoms with E-state index in [1.54, 1.807) is 42.8 Å². The molecule has 0 radical (unpaired) electrons. The van der Waals surface area contributed by atoms with Crippen LogP contribution in [0.2, 0.25) is 0 Å². The molecule has 2 aromatic heterocycles. The molecule has 7 nitrogen and oxygen atoms in total. The summed E-state index contributed by atoms with van der Waals surface area (Å²) in [6.07, 6.45) is 3.29. The second-order valence-corrected chi connectivity index (χ2v) is 6.33. The first kappa shape index (κ1) is 19.4.